The van der Waals surface area contributed by atoms with E-state index in [-0.39, 0.29) is 17.7 Å². The second kappa shape index (κ2) is 7.79. The molecule has 120 valence electrons. The summed E-state index contributed by atoms with van der Waals surface area (Å²) in [5, 5.41) is 2.55. The Balaban J connectivity index is 1.84. The lowest BCUT2D eigenvalue weighted by atomic mass is 10.1. The third-order valence-corrected chi connectivity index (χ3v) is 2.89. The maximum Gasteiger partial charge on any atom is 0.338 e. The standard InChI is InChI=1S/C16H15NO6/c1-21-15(19)11-4-2-5-12(8-11)16(20)23-10-14(18)17-9-13-6-3-7-22-13/h2-8H,9-10H2,1H3,(H,17,18). The fourth-order valence-corrected chi connectivity index (χ4v) is 1.76. The monoisotopic (exact) mass is 317 g/mol. The number of rotatable bonds is 6. The lowest BCUT2D eigenvalue weighted by Crippen LogP contribution is -2.28. The highest BCUT2D eigenvalue weighted by Gasteiger charge is 2.13. The Morgan fingerprint density at radius 2 is 1.83 bits per heavy atom. The summed E-state index contributed by atoms with van der Waals surface area (Å²) in [6.45, 7) is -0.219. The van der Waals surface area contributed by atoms with Crippen molar-refractivity contribution in [3.63, 3.8) is 0 Å². The zero-order valence-corrected chi connectivity index (χ0v) is 12.4. The number of hydrogen-bond acceptors (Lipinski definition) is 6. The van der Waals surface area contributed by atoms with Crippen LogP contribution in [0.3, 0.4) is 0 Å². The number of carbonyl (C=O) groups is 3. The molecule has 0 saturated heterocycles. The van der Waals surface area contributed by atoms with E-state index in [1.807, 2.05) is 0 Å². The van der Waals surface area contributed by atoms with Gasteiger partial charge in [-0.25, -0.2) is 9.59 Å². The van der Waals surface area contributed by atoms with Crippen LogP contribution in [0, 0.1) is 0 Å². The van der Waals surface area contributed by atoms with Crippen LogP contribution >= 0.6 is 0 Å². The molecular formula is C16H15NO6. The first-order valence-corrected chi connectivity index (χ1v) is 6.74. The first kappa shape index (κ1) is 16.3. The molecule has 2 aromatic rings. The number of hydrogen-bond donors (Lipinski definition) is 1. The molecule has 2 rings (SSSR count). The van der Waals surface area contributed by atoms with Crippen molar-refractivity contribution in [1.29, 1.82) is 0 Å². The molecule has 0 aliphatic heterocycles. The molecule has 1 heterocycles. The number of methoxy groups -OCH3 is 1. The normalized spacial score (nSPS) is 9.96. The third-order valence-electron chi connectivity index (χ3n) is 2.89. The lowest BCUT2D eigenvalue weighted by Gasteiger charge is -2.06. The van der Waals surface area contributed by atoms with E-state index in [4.69, 9.17) is 9.15 Å². The molecule has 0 radical (unpaired) electrons. The molecule has 1 N–H and O–H groups in total. The van der Waals surface area contributed by atoms with Gasteiger partial charge in [0, 0.05) is 0 Å². The summed E-state index contributed by atoms with van der Waals surface area (Å²) >= 11 is 0. The van der Waals surface area contributed by atoms with Gasteiger partial charge in [0.05, 0.1) is 31.0 Å². The molecule has 0 saturated carbocycles. The van der Waals surface area contributed by atoms with Gasteiger partial charge in [-0.05, 0) is 30.3 Å². The van der Waals surface area contributed by atoms with Crippen LogP contribution in [0.15, 0.2) is 47.1 Å². The fraction of sp³-hybridized carbons (Fsp3) is 0.188. The topological polar surface area (TPSA) is 94.8 Å². The first-order chi connectivity index (χ1) is 11.1. The van der Waals surface area contributed by atoms with Gasteiger partial charge >= 0.3 is 11.9 Å². The minimum Gasteiger partial charge on any atom is -0.467 e. The van der Waals surface area contributed by atoms with E-state index in [0.717, 1.165) is 0 Å². The number of ether oxygens (including phenoxy) is 2. The highest BCUT2D eigenvalue weighted by molar-refractivity contribution is 5.95. The number of nitrogens with one attached hydrogen (secondary N) is 1. The zero-order chi connectivity index (χ0) is 16.7. The molecule has 0 fully saturated rings. The van der Waals surface area contributed by atoms with Crippen molar-refractivity contribution in [1.82, 2.24) is 5.32 Å². The van der Waals surface area contributed by atoms with Crippen molar-refractivity contribution < 1.29 is 28.3 Å². The highest BCUT2D eigenvalue weighted by Crippen LogP contribution is 2.08. The van der Waals surface area contributed by atoms with Gasteiger partial charge in [-0.3, -0.25) is 4.79 Å². The Hall–Kier alpha value is -3.09. The van der Waals surface area contributed by atoms with E-state index in [0.29, 0.717) is 5.76 Å². The molecule has 23 heavy (non-hydrogen) atoms. The molecule has 0 atom stereocenters. The van der Waals surface area contributed by atoms with Crippen molar-refractivity contribution in [2.45, 2.75) is 6.54 Å². The minimum absolute atomic E-state index is 0.159. The predicted molar refractivity (Wildman–Crippen MR) is 78.6 cm³/mol. The van der Waals surface area contributed by atoms with Crippen LogP contribution < -0.4 is 5.32 Å². The second-order valence-corrected chi connectivity index (χ2v) is 4.50. The quantitative estimate of drug-likeness (QED) is 0.812. The maximum absolute atomic E-state index is 11.9. The predicted octanol–water partition coefficient (Wildman–Crippen LogP) is 1.54. The van der Waals surface area contributed by atoms with Gasteiger partial charge in [-0.2, -0.15) is 0 Å². The van der Waals surface area contributed by atoms with Gasteiger partial charge < -0.3 is 19.2 Å². The first-order valence-electron chi connectivity index (χ1n) is 6.74. The van der Waals surface area contributed by atoms with E-state index in [1.54, 1.807) is 12.1 Å². The van der Waals surface area contributed by atoms with Crippen molar-refractivity contribution in [2.75, 3.05) is 13.7 Å². The summed E-state index contributed by atoms with van der Waals surface area (Å²) in [6.07, 6.45) is 1.50. The molecular weight excluding hydrogens is 302 g/mol. The smallest absolute Gasteiger partial charge is 0.338 e. The average molecular weight is 317 g/mol. The maximum atomic E-state index is 11.9. The van der Waals surface area contributed by atoms with Crippen LogP contribution in [-0.2, 0) is 20.8 Å². The molecule has 0 bridgehead atoms. The van der Waals surface area contributed by atoms with Gasteiger partial charge in [0.1, 0.15) is 5.76 Å². The summed E-state index contributed by atoms with van der Waals surface area (Å²) in [5.41, 5.74) is 0.385. The number of amides is 1. The Morgan fingerprint density at radius 3 is 2.48 bits per heavy atom. The Labute approximate surface area is 132 Å². The van der Waals surface area contributed by atoms with E-state index >= 15 is 0 Å². The molecule has 0 unspecified atom stereocenters. The number of carbonyl (C=O) groups excluding carboxylic acids is 3. The molecule has 0 aliphatic rings. The van der Waals surface area contributed by atoms with E-state index < -0.39 is 24.5 Å². The van der Waals surface area contributed by atoms with Crippen molar-refractivity contribution >= 4 is 17.8 Å². The molecule has 1 aromatic carbocycles. The Kier molecular flexibility index (Phi) is 5.51. The fourth-order valence-electron chi connectivity index (χ4n) is 1.76. The molecule has 7 nitrogen and oxygen atoms in total. The van der Waals surface area contributed by atoms with Crippen molar-refractivity contribution in [2.24, 2.45) is 0 Å². The summed E-state index contributed by atoms with van der Waals surface area (Å²) in [6, 6.07) is 9.28. The van der Waals surface area contributed by atoms with Crippen molar-refractivity contribution in [3.05, 3.63) is 59.5 Å². The summed E-state index contributed by atoms with van der Waals surface area (Å²) in [4.78, 5) is 34.9. The molecule has 1 aromatic heterocycles. The zero-order valence-electron chi connectivity index (χ0n) is 12.4. The lowest BCUT2D eigenvalue weighted by molar-refractivity contribution is -0.124. The van der Waals surface area contributed by atoms with E-state index in [9.17, 15) is 14.4 Å². The van der Waals surface area contributed by atoms with E-state index in [2.05, 4.69) is 10.1 Å². The van der Waals surface area contributed by atoms with Gasteiger partial charge in [-0.15, -0.1) is 0 Å². The van der Waals surface area contributed by atoms with Crippen LogP contribution in [0.5, 0.6) is 0 Å². The largest absolute Gasteiger partial charge is 0.467 e. The number of esters is 2. The third kappa shape index (κ3) is 4.70. The van der Waals surface area contributed by atoms with Crippen LogP contribution in [-0.4, -0.2) is 31.6 Å². The second-order valence-electron chi connectivity index (χ2n) is 4.50. The van der Waals surface area contributed by atoms with Gasteiger partial charge in [0.25, 0.3) is 5.91 Å². The highest BCUT2D eigenvalue weighted by atomic mass is 16.5. The summed E-state index contributed by atoms with van der Waals surface area (Å²) < 4.78 is 14.5. The Bertz CT molecular complexity index is 692. The van der Waals surface area contributed by atoms with E-state index in [1.165, 1.54) is 37.6 Å². The Morgan fingerprint density at radius 1 is 1.09 bits per heavy atom. The summed E-state index contributed by atoms with van der Waals surface area (Å²) in [5.74, 6) is -1.13. The van der Waals surface area contributed by atoms with Crippen LogP contribution in [0.1, 0.15) is 26.5 Å². The van der Waals surface area contributed by atoms with Gasteiger partial charge in [0.15, 0.2) is 6.61 Å². The molecule has 0 aliphatic carbocycles. The number of furan rings is 1. The summed E-state index contributed by atoms with van der Waals surface area (Å²) in [7, 11) is 1.25. The molecule has 1 amide bonds. The van der Waals surface area contributed by atoms with Crippen LogP contribution in [0.25, 0.3) is 0 Å². The van der Waals surface area contributed by atoms with Gasteiger partial charge in [0.2, 0.25) is 0 Å². The molecule has 7 heteroatoms. The minimum atomic E-state index is -0.705. The molecule has 0 spiro atoms. The number of benzene rings is 1. The average Bonchev–Trinajstić information content (AvgIpc) is 3.10. The van der Waals surface area contributed by atoms with Gasteiger partial charge in [-0.1, -0.05) is 6.07 Å². The van der Waals surface area contributed by atoms with Crippen LogP contribution in [0.4, 0.5) is 0 Å². The SMILES string of the molecule is COC(=O)c1cccc(C(=O)OCC(=O)NCc2ccco2)c1. The van der Waals surface area contributed by atoms with Crippen LogP contribution in [0.2, 0.25) is 0 Å². The van der Waals surface area contributed by atoms with Crippen molar-refractivity contribution in [3.8, 4) is 0 Å².